The van der Waals surface area contributed by atoms with Gasteiger partial charge < -0.3 is 14.8 Å². The Labute approximate surface area is 112 Å². The fraction of sp³-hybridized carbons (Fsp3) is 0.500. The van der Waals surface area contributed by atoms with Gasteiger partial charge in [0.25, 0.3) is 0 Å². The first-order valence-corrected chi connectivity index (χ1v) is 6.09. The van der Waals surface area contributed by atoms with Crippen LogP contribution in [0, 0.1) is 12.7 Å². The molecule has 0 aliphatic heterocycles. The highest BCUT2D eigenvalue weighted by Crippen LogP contribution is 2.20. The Bertz CT molecular complexity index is 450. The smallest absolute Gasteiger partial charge is 0.325 e. The summed E-state index contributed by atoms with van der Waals surface area (Å²) >= 11 is 0. The van der Waals surface area contributed by atoms with Crippen molar-refractivity contribution in [2.24, 2.45) is 0 Å². The van der Waals surface area contributed by atoms with Gasteiger partial charge in [-0.2, -0.15) is 0 Å². The molecule has 0 aromatic heterocycles. The van der Waals surface area contributed by atoms with Gasteiger partial charge in [0, 0.05) is 6.42 Å². The van der Waals surface area contributed by atoms with E-state index in [1.54, 1.807) is 26.1 Å². The van der Waals surface area contributed by atoms with E-state index in [1.165, 1.54) is 13.2 Å². The third-order valence-corrected chi connectivity index (χ3v) is 3.13. The lowest BCUT2D eigenvalue weighted by molar-refractivity contribution is -0.148. The number of esters is 1. The molecule has 19 heavy (non-hydrogen) atoms. The number of carbonyl (C=O) groups is 1. The van der Waals surface area contributed by atoms with Gasteiger partial charge in [0.1, 0.15) is 5.54 Å². The van der Waals surface area contributed by atoms with Crippen LogP contribution in [0.2, 0.25) is 0 Å². The first-order chi connectivity index (χ1) is 8.92. The number of likely N-dealkylation sites (N-methyl/N-ethyl adjacent to an activating group) is 1. The van der Waals surface area contributed by atoms with Crippen LogP contribution in [0.3, 0.4) is 0 Å². The average Bonchev–Trinajstić information content (AvgIpc) is 2.41. The van der Waals surface area contributed by atoms with Gasteiger partial charge in [-0.1, -0.05) is 6.07 Å². The number of ether oxygens (including phenoxy) is 2. The Hall–Kier alpha value is -1.62. The van der Waals surface area contributed by atoms with Crippen molar-refractivity contribution in [3.8, 4) is 5.75 Å². The fourth-order valence-electron chi connectivity index (χ4n) is 1.64. The molecule has 0 aliphatic rings. The molecular formula is C14H20FNO3. The lowest BCUT2D eigenvalue weighted by atomic mass is 9.99. The number of nitrogens with one attached hydrogen (secondary N) is 1. The molecule has 0 amide bonds. The van der Waals surface area contributed by atoms with Crippen molar-refractivity contribution in [1.29, 1.82) is 0 Å². The Morgan fingerprint density at radius 2 is 2.16 bits per heavy atom. The summed E-state index contributed by atoms with van der Waals surface area (Å²) in [6, 6.07) is 4.67. The number of methoxy groups -OCH3 is 1. The number of hydrogen-bond acceptors (Lipinski definition) is 4. The Kier molecular flexibility index (Phi) is 5.30. The molecule has 0 radical (unpaired) electrons. The Balaban J connectivity index is 2.62. The van der Waals surface area contributed by atoms with Gasteiger partial charge >= 0.3 is 5.97 Å². The van der Waals surface area contributed by atoms with Gasteiger partial charge in [0.15, 0.2) is 11.6 Å². The van der Waals surface area contributed by atoms with Crippen molar-refractivity contribution in [3.05, 3.63) is 29.6 Å². The summed E-state index contributed by atoms with van der Waals surface area (Å²) in [4.78, 5) is 11.6. The zero-order chi connectivity index (χ0) is 14.5. The number of halogens is 1. The Morgan fingerprint density at radius 3 is 2.74 bits per heavy atom. The summed E-state index contributed by atoms with van der Waals surface area (Å²) in [5, 5.41) is 2.89. The van der Waals surface area contributed by atoms with Crippen LogP contribution in [-0.2, 0) is 9.53 Å². The van der Waals surface area contributed by atoms with E-state index in [4.69, 9.17) is 9.47 Å². The molecule has 1 aromatic carbocycles. The minimum absolute atomic E-state index is 0.198. The standard InChI is InChI=1S/C14H20FNO3/c1-10-5-6-11(15)12(9-10)19-8-7-14(2,16-3)13(17)18-4/h5-6,9,16H,7-8H2,1-4H3. The van der Waals surface area contributed by atoms with Gasteiger partial charge in [-0.3, -0.25) is 4.79 Å². The minimum Gasteiger partial charge on any atom is -0.490 e. The van der Waals surface area contributed by atoms with Crippen molar-refractivity contribution in [1.82, 2.24) is 5.32 Å². The molecule has 0 bridgehead atoms. The highest BCUT2D eigenvalue weighted by molar-refractivity contribution is 5.80. The van der Waals surface area contributed by atoms with Gasteiger partial charge in [0.05, 0.1) is 13.7 Å². The van der Waals surface area contributed by atoms with Crippen LogP contribution in [0.1, 0.15) is 18.9 Å². The molecule has 1 atom stereocenters. The number of hydrogen-bond donors (Lipinski definition) is 1. The molecule has 4 nitrogen and oxygen atoms in total. The molecule has 1 aromatic rings. The number of rotatable bonds is 6. The first-order valence-electron chi connectivity index (χ1n) is 6.09. The summed E-state index contributed by atoms with van der Waals surface area (Å²) in [5.41, 5.74) is 0.0791. The van der Waals surface area contributed by atoms with E-state index in [-0.39, 0.29) is 18.3 Å². The summed E-state index contributed by atoms with van der Waals surface area (Å²) in [7, 11) is 3.00. The Morgan fingerprint density at radius 1 is 1.47 bits per heavy atom. The lowest BCUT2D eigenvalue weighted by Crippen LogP contribution is -2.49. The van der Waals surface area contributed by atoms with Crippen molar-refractivity contribution in [2.45, 2.75) is 25.8 Å². The monoisotopic (exact) mass is 269 g/mol. The maximum absolute atomic E-state index is 13.5. The normalized spacial score (nSPS) is 13.7. The molecule has 0 aliphatic carbocycles. The largest absolute Gasteiger partial charge is 0.490 e. The first kappa shape index (κ1) is 15.4. The third kappa shape index (κ3) is 3.92. The van der Waals surface area contributed by atoms with E-state index in [1.807, 2.05) is 6.92 Å². The van der Waals surface area contributed by atoms with Gasteiger partial charge in [0.2, 0.25) is 0 Å². The van der Waals surface area contributed by atoms with E-state index < -0.39 is 11.4 Å². The van der Waals surface area contributed by atoms with Gasteiger partial charge in [-0.05, 0) is 38.6 Å². The highest BCUT2D eigenvalue weighted by atomic mass is 19.1. The second-order valence-electron chi connectivity index (χ2n) is 4.61. The molecule has 5 heteroatoms. The zero-order valence-corrected chi connectivity index (χ0v) is 11.7. The third-order valence-electron chi connectivity index (χ3n) is 3.13. The summed E-state index contributed by atoms with van der Waals surface area (Å²) in [6.07, 6.45) is 0.379. The summed E-state index contributed by atoms with van der Waals surface area (Å²) in [5.74, 6) is -0.582. The molecule has 0 saturated carbocycles. The maximum Gasteiger partial charge on any atom is 0.325 e. The molecule has 0 fully saturated rings. The molecule has 0 spiro atoms. The molecule has 1 N–H and O–H groups in total. The topological polar surface area (TPSA) is 47.6 Å². The number of carbonyl (C=O) groups excluding carboxylic acids is 1. The zero-order valence-electron chi connectivity index (χ0n) is 11.7. The SMILES string of the molecule is CNC(C)(CCOc1cc(C)ccc1F)C(=O)OC. The maximum atomic E-state index is 13.5. The highest BCUT2D eigenvalue weighted by Gasteiger charge is 2.32. The van der Waals surface area contributed by atoms with E-state index >= 15 is 0 Å². The number of aryl methyl sites for hydroxylation is 1. The van der Waals surface area contributed by atoms with Crippen molar-refractivity contribution >= 4 is 5.97 Å². The fourth-order valence-corrected chi connectivity index (χ4v) is 1.64. The molecule has 1 rings (SSSR count). The van der Waals surface area contributed by atoms with Crippen LogP contribution in [0.15, 0.2) is 18.2 Å². The quantitative estimate of drug-likeness (QED) is 0.803. The van der Waals surface area contributed by atoms with E-state index in [0.717, 1.165) is 5.56 Å². The summed E-state index contributed by atoms with van der Waals surface area (Å²) in [6.45, 7) is 3.79. The van der Waals surface area contributed by atoms with Crippen LogP contribution < -0.4 is 10.1 Å². The van der Waals surface area contributed by atoms with Crippen LogP contribution >= 0.6 is 0 Å². The van der Waals surface area contributed by atoms with Gasteiger partial charge in [-0.25, -0.2) is 4.39 Å². The average molecular weight is 269 g/mol. The van der Waals surface area contributed by atoms with Crippen molar-refractivity contribution in [3.63, 3.8) is 0 Å². The predicted octanol–water partition coefficient (Wildman–Crippen LogP) is 2.05. The van der Waals surface area contributed by atoms with Crippen LogP contribution in [0.25, 0.3) is 0 Å². The van der Waals surface area contributed by atoms with Crippen LogP contribution in [0.4, 0.5) is 4.39 Å². The van der Waals surface area contributed by atoms with E-state index in [2.05, 4.69) is 5.32 Å². The molecule has 1 unspecified atom stereocenters. The second-order valence-corrected chi connectivity index (χ2v) is 4.61. The predicted molar refractivity (Wildman–Crippen MR) is 70.7 cm³/mol. The van der Waals surface area contributed by atoms with Crippen LogP contribution in [0.5, 0.6) is 5.75 Å². The lowest BCUT2D eigenvalue weighted by Gasteiger charge is -2.25. The number of benzene rings is 1. The van der Waals surface area contributed by atoms with E-state index in [9.17, 15) is 9.18 Å². The molecular weight excluding hydrogens is 249 g/mol. The summed E-state index contributed by atoms with van der Waals surface area (Å²) < 4.78 is 23.6. The van der Waals surface area contributed by atoms with Crippen molar-refractivity contribution < 1.29 is 18.7 Å². The second kappa shape index (κ2) is 6.52. The van der Waals surface area contributed by atoms with Crippen LogP contribution in [-0.4, -0.2) is 32.3 Å². The molecule has 106 valence electrons. The van der Waals surface area contributed by atoms with E-state index in [0.29, 0.717) is 6.42 Å². The van der Waals surface area contributed by atoms with Gasteiger partial charge in [-0.15, -0.1) is 0 Å². The van der Waals surface area contributed by atoms with Crippen molar-refractivity contribution in [2.75, 3.05) is 20.8 Å². The molecule has 0 saturated heterocycles. The minimum atomic E-state index is -0.838. The molecule has 0 heterocycles.